The molecule has 0 unspecified atom stereocenters. The van der Waals surface area contributed by atoms with Gasteiger partial charge in [0, 0.05) is 23.2 Å². The van der Waals surface area contributed by atoms with Gasteiger partial charge in [-0.1, -0.05) is 41.0 Å². The molecule has 194 valence electrons. The second-order valence-electron chi connectivity index (χ2n) is 8.88. The van der Waals surface area contributed by atoms with E-state index in [2.05, 4.69) is 20.4 Å². The Bertz CT molecular complexity index is 1740. The van der Waals surface area contributed by atoms with E-state index in [1.807, 2.05) is 38.5 Å². The highest BCUT2D eigenvalue weighted by Crippen LogP contribution is 2.38. The maximum atomic E-state index is 14.4. The van der Waals surface area contributed by atoms with Gasteiger partial charge >= 0.3 is 0 Å². The van der Waals surface area contributed by atoms with Crippen LogP contribution < -0.4 is 10.9 Å². The number of hydrogen-bond acceptors (Lipinski definition) is 6. The van der Waals surface area contributed by atoms with Crippen LogP contribution >= 0.6 is 35.0 Å². The highest BCUT2D eigenvalue weighted by molar-refractivity contribution is 7.99. The van der Waals surface area contributed by atoms with Crippen molar-refractivity contribution < 1.29 is 4.39 Å². The average molecular weight is 569 g/mol. The highest BCUT2D eigenvalue weighted by Gasteiger charge is 2.19. The van der Waals surface area contributed by atoms with Crippen molar-refractivity contribution in [1.29, 1.82) is 0 Å². The molecule has 0 saturated heterocycles. The van der Waals surface area contributed by atoms with Gasteiger partial charge in [0.25, 0.3) is 5.56 Å². The van der Waals surface area contributed by atoms with E-state index in [9.17, 15) is 9.18 Å². The molecule has 5 rings (SSSR count). The Labute approximate surface area is 232 Å². The molecule has 11 heteroatoms. The van der Waals surface area contributed by atoms with Crippen molar-refractivity contribution >= 4 is 46.2 Å². The molecule has 0 radical (unpaired) electrons. The second-order valence-corrected chi connectivity index (χ2v) is 10.8. The molecule has 0 saturated carbocycles. The number of aromatic nitrogens is 5. The van der Waals surface area contributed by atoms with Crippen molar-refractivity contribution in [2.24, 2.45) is 7.05 Å². The predicted molar refractivity (Wildman–Crippen MR) is 150 cm³/mol. The van der Waals surface area contributed by atoms with Gasteiger partial charge in [0.15, 0.2) is 0 Å². The molecule has 0 atom stereocenters. The van der Waals surface area contributed by atoms with Crippen LogP contribution in [0.25, 0.3) is 16.6 Å². The fourth-order valence-electron chi connectivity index (χ4n) is 4.24. The topological polar surface area (TPSA) is 77.1 Å². The zero-order valence-corrected chi connectivity index (χ0v) is 23.3. The van der Waals surface area contributed by atoms with Crippen LogP contribution in [0, 0.1) is 26.6 Å². The van der Waals surface area contributed by atoms with Gasteiger partial charge in [0.05, 0.1) is 39.1 Å². The minimum atomic E-state index is -0.484. The molecule has 0 bridgehead atoms. The van der Waals surface area contributed by atoms with Crippen LogP contribution in [0.3, 0.4) is 0 Å². The van der Waals surface area contributed by atoms with E-state index < -0.39 is 5.56 Å². The SMILES string of the molecule is Cc1ccc(Sc2ccc3c(-c4c(Cl)cc(NCc5c(C)nc(C)n5C)cc4Cl)c(=O)ncn3n2)c(F)c1. The molecule has 7 nitrogen and oxygen atoms in total. The van der Waals surface area contributed by atoms with Crippen LogP contribution in [-0.2, 0) is 13.6 Å². The van der Waals surface area contributed by atoms with Crippen molar-refractivity contribution in [3.63, 3.8) is 0 Å². The molecule has 38 heavy (non-hydrogen) atoms. The smallest absolute Gasteiger partial charge is 0.281 e. The molecule has 2 aromatic carbocycles. The number of aryl methyl sites for hydroxylation is 3. The number of nitrogens with zero attached hydrogens (tertiary/aromatic N) is 5. The van der Waals surface area contributed by atoms with E-state index in [1.165, 1.54) is 28.7 Å². The van der Waals surface area contributed by atoms with Crippen LogP contribution in [0.2, 0.25) is 10.0 Å². The summed E-state index contributed by atoms with van der Waals surface area (Å²) in [5.41, 5.74) is 4.11. The minimum absolute atomic E-state index is 0.234. The number of fused-ring (bicyclic) bond motifs is 1. The summed E-state index contributed by atoms with van der Waals surface area (Å²) >= 11 is 14.5. The zero-order chi connectivity index (χ0) is 27.1. The molecule has 0 aliphatic rings. The van der Waals surface area contributed by atoms with E-state index in [4.69, 9.17) is 23.2 Å². The first-order chi connectivity index (χ1) is 18.1. The Balaban J connectivity index is 1.49. The number of nitrogens with one attached hydrogen (secondary N) is 1. The number of rotatable bonds is 6. The average Bonchev–Trinajstić information content (AvgIpc) is 3.10. The summed E-state index contributed by atoms with van der Waals surface area (Å²) in [6, 6.07) is 11.9. The Hall–Kier alpha value is -3.40. The summed E-state index contributed by atoms with van der Waals surface area (Å²) < 4.78 is 17.8. The molecule has 0 fully saturated rings. The fourth-order valence-corrected chi connectivity index (χ4v) is 5.70. The Morgan fingerprint density at radius 1 is 1.03 bits per heavy atom. The largest absolute Gasteiger partial charge is 0.379 e. The van der Waals surface area contributed by atoms with Gasteiger partial charge in [0.2, 0.25) is 0 Å². The molecule has 5 aromatic rings. The summed E-state index contributed by atoms with van der Waals surface area (Å²) in [7, 11) is 1.96. The van der Waals surface area contributed by atoms with Crippen LogP contribution in [0.4, 0.5) is 10.1 Å². The lowest BCUT2D eigenvalue weighted by Gasteiger charge is -2.14. The van der Waals surface area contributed by atoms with Gasteiger partial charge < -0.3 is 9.88 Å². The van der Waals surface area contributed by atoms with Crippen molar-refractivity contribution in [1.82, 2.24) is 24.1 Å². The third-order valence-electron chi connectivity index (χ3n) is 6.28. The maximum absolute atomic E-state index is 14.4. The number of benzene rings is 2. The molecule has 3 aromatic heterocycles. The third kappa shape index (κ3) is 5.01. The van der Waals surface area contributed by atoms with Crippen LogP contribution in [-0.4, -0.2) is 24.1 Å². The van der Waals surface area contributed by atoms with Crippen molar-refractivity contribution in [2.45, 2.75) is 37.2 Å². The molecule has 0 aliphatic carbocycles. The summed E-state index contributed by atoms with van der Waals surface area (Å²) in [6.45, 7) is 6.27. The number of anilines is 1. The molecule has 1 N–H and O–H groups in total. The first-order valence-electron chi connectivity index (χ1n) is 11.7. The maximum Gasteiger partial charge on any atom is 0.281 e. The lowest BCUT2D eigenvalue weighted by Crippen LogP contribution is -2.14. The highest BCUT2D eigenvalue weighted by atomic mass is 35.5. The summed E-state index contributed by atoms with van der Waals surface area (Å²) in [4.78, 5) is 21.8. The summed E-state index contributed by atoms with van der Waals surface area (Å²) in [5, 5.41) is 8.99. The van der Waals surface area contributed by atoms with Crippen molar-refractivity contribution in [3.05, 3.63) is 97.8 Å². The normalized spacial score (nSPS) is 11.3. The van der Waals surface area contributed by atoms with E-state index in [0.29, 0.717) is 43.3 Å². The predicted octanol–water partition coefficient (Wildman–Crippen LogP) is 6.62. The van der Waals surface area contributed by atoms with E-state index in [-0.39, 0.29) is 11.4 Å². The lowest BCUT2D eigenvalue weighted by atomic mass is 10.1. The van der Waals surface area contributed by atoms with Gasteiger partial charge in [-0.05, 0) is 62.7 Å². The van der Waals surface area contributed by atoms with Crippen LogP contribution in [0.5, 0.6) is 0 Å². The van der Waals surface area contributed by atoms with E-state index >= 15 is 0 Å². The van der Waals surface area contributed by atoms with Crippen molar-refractivity contribution in [3.8, 4) is 11.1 Å². The van der Waals surface area contributed by atoms with Gasteiger partial charge in [-0.2, -0.15) is 10.1 Å². The molecule has 3 heterocycles. The Morgan fingerprint density at radius 3 is 2.42 bits per heavy atom. The Morgan fingerprint density at radius 2 is 1.76 bits per heavy atom. The quantitative estimate of drug-likeness (QED) is 0.248. The summed E-state index contributed by atoms with van der Waals surface area (Å²) in [5.74, 6) is 0.602. The molecular weight excluding hydrogens is 546 g/mol. The van der Waals surface area contributed by atoms with Crippen LogP contribution in [0.1, 0.15) is 22.8 Å². The number of halogens is 3. The minimum Gasteiger partial charge on any atom is -0.379 e. The summed E-state index contributed by atoms with van der Waals surface area (Å²) in [6.07, 6.45) is 1.33. The van der Waals surface area contributed by atoms with Gasteiger partial charge in [-0.25, -0.2) is 13.9 Å². The number of hydrogen-bond donors (Lipinski definition) is 1. The second kappa shape index (κ2) is 10.4. The van der Waals surface area contributed by atoms with Gasteiger partial charge in [-0.3, -0.25) is 4.79 Å². The third-order valence-corrected chi connectivity index (χ3v) is 7.86. The number of imidazole rings is 1. The monoisotopic (exact) mass is 568 g/mol. The van der Waals surface area contributed by atoms with E-state index in [0.717, 1.165) is 22.8 Å². The van der Waals surface area contributed by atoms with Gasteiger partial charge in [0.1, 0.15) is 23.0 Å². The lowest BCUT2D eigenvalue weighted by molar-refractivity contribution is 0.600. The molecular formula is C27H23Cl2FN6OS. The van der Waals surface area contributed by atoms with E-state index in [1.54, 1.807) is 30.3 Å². The molecule has 0 spiro atoms. The fraction of sp³-hybridized carbons (Fsp3) is 0.185. The van der Waals surface area contributed by atoms with Crippen molar-refractivity contribution in [2.75, 3.05) is 5.32 Å². The Kier molecular flexibility index (Phi) is 7.17. The first kappa shape index (κ1) is 26.2. The van der Waals surface area contributed by atoms with Crippen LogP contribution in [0.15, 0.2) is 63.5 Å². The zero-order valence-electron chi connectivity index (χ0n) is 21.0. The molecule has 0 aliphatic heterocycles. The van der Waals surface area contributed by atoms with Gasteiger partial charge in [-0.15, -0.1) is 0 Å². The first-order valence-corrected chi connectivity index (χ1v) is 13.2. The standard InChI is InChI=1S/C27H23Cl2FN6OS/c1-14-5-7-23(20(30)9-14)38-24-8-6-21-26(27(37)32-13-36(21)34-24)25-18(28)10-17(11-19(25)29)31-12-22-15(2)33-16(3)35(22)4/h5-11,13,31H,12H2,1-4H3. The molecule has 0 amide bonds.